The molecule has 1 aromatic heterocycles. The molecule has 0 spiro atoms. The second kappa shape index (κ2) is 4.58. The number of hydrogen-bond acceptors (Lipinski definition) is 3. The highest BCUT2D eigenvalue weighted by atomic mass is 16.5. The van der Waals surface area contributed by atoms with E-state index in [2.05, 4.69) is 38.2 Å². The van der Waals surface area contributed by atoms with Crippen LogP contribution >= 0.6 is 0 Å². The van der Waals surface area contributed by atoms with Gasteiger partial charge in [-0.25, -0.2) is 0 Å². The topological polar surface area (TPSA) is 38.1 Å². The summed E-state index contributed by atoms with van der Waals surface area (Å²) in [5.41, 5.74) is 2.48. The molecule has 0 saturated heterocycles. The number of hydrogen-bond donors (Lipinski definition) is 1. The van der Waals surface area contributed by atoms with Gasteiger partial charge in [-0.2, -0.15) is 0 Å². The molecule has 0 aliphatic heterocycles. The van der Waals surface area contributed by atoms with Crippen LogP contribution in [0, 0.1) is 0 Å². The van der Waals surface area contributed by atoms with Crippen molar-refractivity contribution in [2.75, 3.05) is 0 Å². The lowest BCUT2D eigenvalue weighted by atomic mass is 9.82. The minimum Gasteiger partial charge on any atom is -0.361 e. The Morgan fingerprint density at radius 1 is 1.31 bits per heavy atom. The third-order valence-electron chi connectivity index (χ3n) is 3.48. The molecule has 1 aromatic rings. The number of aromatic nitrogens is 1. The van der Waals surface area contributed by atoms with Crippen molar-refractivity contribution < 1.29 is 4.52 Å². The lowest BCUT2D eigenvalue weighted by Gasteiger charge is -2.22. The summed E-state index contributed by atoms with van der Waals surface area (Å²) in [6.45, 7) is 9.64. The van der Waals surface area contributed by atoms with Crippen molar-refractivity contribution in [3.8, 4) is 0 Å². The highest BCUT2D eigenvalue weighted by Gasteiger charge is 2.29. The summed E-state index contributed by atoms with van der Waals surface area (Å²) in [4.78, 5) is 0. The maximum absolute atomic E-state index is 5.51. The van der Waals surface area contributed by atoms with Gasteiger partial charge in [0.1, 0.15) is 11.5 Å². The van der Waals surface area contributed by atoms with E-state index in [0.717, 1.165) is 18.0 Å². The Balaban J connectivity index is 2.21. The van der Waals surface area contributed by atoms with Gasteiger partial charge in [0, 0.05) is 24.1 Å². The predicted octanol–water partition coefficient (Wildman–Crippen LogP) is 3.17. The third-order valence-corrected chi connectivity index (χ3v) is 3.48. The van der Waals surface area contributed by atoms with E-state index in [1.165, 1.54) is 18.4 Å². The first-order valence-electron chi connectivity index (χ1n) is 6.31. The molecule has 1 N–H and O–H groups in total. The minimum absolute atomic E-state index is 0.490. The Morgan fingerprint density at radius 2 is 2.00 bits per heavy atom. The van der Waals surface area contributed by atoms with E-state index in [-0.39, 0.29) is 0 Å². The molecule has 3 heteroatoms. The molecule has 1 aliphatic carbocycles. The molecular weight excluding hydrogens is 200 g/mol. The standard InChI is InChI=1S/C13H22N2O/c1-8(2)14-7-11-12-9(3)5-6-10(4)13(12)16-15-11/h8-10,14H,5-7H2,1-4H3. The lowest BCUT2D eigenvalue weighted by Crippen LogP contribution is -2.23. The van der Waals surface area contributed by atoms with Gasteiger partial charge in [-0.1, -0.05) is 32.9 Å². The maximum atomic E-state index is 5.51. The summed E-state index contributed by atoms with van der Waals surface area (Å²) in [6, 6.07) is 0.490. The van der Waals surface area contributed by atoms with E-state index >= 15 is 0 Å². The number of nitrogens with one attached hydrogen (secondary N) is 1. The molecule has 2 rings (SSSR count). The first-order valence-corrected chi connectivity index (χ1v) is 6.31. The maximum Gasteiger partial charge on any atom is 0.143 e. The van der Waals surface area contributed by atoms with Crippen LogP contribution in [0.4, 0.5) is 0 Å². The fraction of sp³-hybridized carbons (Fsp3) is 0.769. The van der Waals surface area contributed by atoms with Crippen molar-refractivity contribution in [1.82, 2.24) is 10.5 Å². The third kappa shape index (κ3) is 2.14. The van der Waals surface area contributed by atoms with Gasteiger partial charge in [0.2, 0.25) is 0 Å². The number of fused-ring (bicyclic) bond motifs is 1. The van der Waals surface area contributed by atoms with Crippen LogP contribution in [0.5, 0.6) is 0 Å². The first kappa shape index (κ1) is 11.6. The van der Waals surface area contributed by atoms with Gasteiger partial charge < -0.3 is 9.84 Å². The molecular formula is C13H22N2O. The number of rotatable bonds is 3. The van der Waals surface area contributed by atoms with E-state index in [4.69, 9.17) is 4.52 Å². The fourth-order valence-electron chi connectivity index (χ4n) is 2.43. The zero-order valence-electron chi connectivity index (χ0n) is 10.7. The van der Waals surface area contributed by atoms with Crippen molar-refractivity contribution in [2.24, 2.45) is 0 Å². The summed E-state index contributed by atoms with van der Waals surface area (Å²) in [7, 11) is 0. The SMILES string of the molecule is CC(C)NCc1noc2c1C(C)CCC2C. The first-order chi connectivity index (χ1) is 7.59. The largest absolute Gasteiger partial charge is 0.361 e. The molecule has 0 saturated carbocycles. The summed E-state index contributed by atoms with van der Waals surface area (Å²) in [6.07, 6.45) is 2.48. The van der Waals surface area contributed by atoms with Gasteiger partial charge in [0.05, 0.1) is 0 Å². The second-order valence-electron chi connectivity index (χ2n) is 5.32. The van der Waals surface area contributed by atoms with Crippen LogP contribution in [0.2, 0.25) is 0 Å². The summed E-state index contributed by atoms with van der Waals surface area (Å²) in [5, 5.41) is 7.64. The van der Waals surface area contributed by atoms with Crippen molar-refractivity contribution in [3.05, 3.63) is 17.0 Å². The Bertz CT molecular complexity index is 357. The molecule has 3 nitrogen and oxygen atoms in total. The molecule has 0 fully saturated rings. The molecule has 0 aromatic carbocycles. The van der Waals surface area contributed by atoms with Crippen LogP contribution in [0.15, 0.2) is 4.52 Å². The van der Waals surface area contributed by atoms with E-state index in [0.29, 0.717) is 17.9 Å². The molecule has 1 heterocycles. The summed E-state index contributed by atoms with van der Waals surface area (Å²) >= 11 is 0. The fourth-order valence-corrected chi connectivity index (χ4v) is 2.43. The van der Waals surface area contributed by atoms with Crippen molar-refractivity contribution in [3.63, 3.8) is 0 Å². The Kier molecular flexibility index (Phi) is 3.33. The molecule has 90 valence electrons. The van der Waals surface area contributed by atoms with Gasteiger partial charge in [0.15, 0.2) is 0 Å². The van der Waals surface area contributed by atoms with Gasteiger partial charge in [-0.05, 0) is 18.8 Å². The van der Waals surface area contributed by atoms with E-state index in [1.807, 2.05) is 0 Å². The van der Waals surface area contributed by atoms with Crippen LogP contribution < -0.4 is 5.32 Å². The van der Waals surface area contributed by atoms with Crippen LogP contribution in [-0.2, 0) is 6.54 Å². The van der Waals surface area contributed by atoms with Gasteiger partial charge in [0.25, 0.3) is 0 Å². The minimum atomic E-state index is 0.490. The molecule has 2 unspecified atom stereocenters. The Morgan fingerprint density at radius 3 is 2.69 bits per heavy atom. The van der Waals surface area contributed by atoms with E-state index < -0.39 is 0 Å². The average molecular weight is 222 g/mol. The summed E-state index contributed by atoms with van der Waals surface area (Å²) in [5.74, 6) is 2.26. The monoisotopic (exact) mass is 222 g/mol. The zero-order valence-corrected chi connectivity index (χ0v) is 10.7. The van der Waals surface area contributed by atoms with Crippen molar-refractivity contribution >= 4 is 0 Å². The number of nitrogens with zero attached hydrogens (tertiary/aromatic N) is 1. The molecule has 2 atom stereocenters. The van der Waals surface area contributed by atoms with Crippen LogP contribution in [-0.4, -0.2) is 11.2 Å². The molecule has 0 bridgehead atoms. The average Bonchev–Trinajstić information content (AvgIpc) is 2.65. The predicted molar refractivity (Wildman–Crippen MR) is 64.5 cm³/mol. The highest BCUT2D eigenvalue weighted by Crippen LogP contribution is 2.40. The van der Waals surface area contributed by atoms with Gasteiger partial charge in [-0.3, -0.25) is 0 Å². The summed E-state index contributed by atoms with van der Waals surface area (Å²) < 4.78 is 5.51. The van der Waals surface area contributed by atoms with Crippen molar-refractivity contribution in [2.45, 2.75) is 65.0 Å². The normalized spacial score (nSPS) is 24.8. The molecule has 1 aliphatic rings. The molecule has 0 radical (unpaired) electrons. The Labute approximate surface area is 97.6 Å². The Hall–Kier alpha value is -0.830. The van der Waals surface area contributed by atoms with Crippen LogP contribution in [0.3, 0.4) is 0 Å². The highest BCUT2D eigenvalue weighted by molar-refractivity contribution is 5.31. The van der Waals surface area contributed by atoms with Crippen molar-refractivity contribution in [1.29, 1.82) is 0 Å². The quantitative estimate of drug-likeness (QED) is 0.853. The van der Waals surface area contributed by atoms with E-state index in [1.54, 1.807) is 0 Å². The lowest BCUT2D eigenvalue weighted by molar-refractivity contribution is 0.338. The van der Waals surface area contributed by atoms with Crippen LogP contribution in [0.25, 0.3) is 0 Å². The van der Waals surface area contributed by atoms with E-state index in [9.17, 15) is 0 Å². The molecule has 16 heavy (non-hydrogen) atoms. The smallest absolute Gasteiger partial charge is 0.143 e. The molecule has 0 amide bonds. The zero-order chi connectivity index (χ0) is 11.7. The second-order valence-corrected chi connectivity index (χ2v) is 5.32. The van der Waals surface area contributed by atoms with Gasteiger partial charge >= 0.3 is 0 Å². The van der Waals surface area contributed by atoms with Crippen LogP contribution in [0.1, 0.15) is 69.4 Å². The van der Waals surface area contributed by atoms with Gasteiger partial charge in [-0.15, -0.1) is 0 Å².